The Hall–Kier alpha value is -2.49. The van der Waals surface area contributed by atoms with Crippen molar-refractivity contribution in [3.05, 3.63) is 52.8 Å². The molecule has 7 nitrogen and oxygen atoms in total. The van der Waals surface area contributed by atoms with Crippen LogP contribution in [0.5, 0.6) is 0 Å². The molecule has 1 aliphatic rings. The molecule has 3 rings (SSSR count). The zero-order chi connectivity index (χ0) is 23.6. The van der Waals surface area contributed by atoms with E-state index in [2.05, 4.69) is 5.32 Å². The van der Waals surface area contributed by atoms with Crippen molar-refractivity contribution in [2.75, 3.05) is 29.9 Å². The molecule has 1 aliphatic heterocycles. The third-order valence-corrected chi connectivity index (χ3v) is 7.80. The van der Waals surface area contributed by atoms with Gasteiger partial charge in [0, 0.05) is 26.1 Å². The van der Waals surface area contributed by atoms with Crippen LogP contribution in [0.2, 0.25) is 5.02 Å². The van der Waals surface area contributed by atoms with Gasteiger partial charge in [0.05, 0.1) is 27.2 Å². The number of nitrogens with zero attached hydrogens (tertiary/aromatic N) is 2. The summed E-state index contributed by atoms with van der Waals surface area (Å²) in [4.78, 5) is 26.5. The lowest BCUT2D eigenvalue weighted by atomic mass is 10.1. The minimum Gasteiger partial charge on any atom is -0.324 e. The first kappa shape index (κ1) is 24.2. The first-order chi connectivity index (χ1) is 15.1. The maximum Gasteiger partial charge on any atom is 0.243 e. The number of carbonyl (C=O) groups excluding carboxylic acids is 2. The summed E-state index contributed by atoms with van der Waals surface area (Å²) >= 11 is 6.18. The molecule has 32 heavy (non-hydrogen) atoms. The quantitative estimate of drug-likeness (QED) is 0.651. The molecule has 2 aromatic carbocycles. The molecule has 0 saturated carbocycles. The molecule has 0 bridgehead atoms. The smallest absolute Gasteiger partial charge is 0.243 e. The van der Waals surface area contributed by atoms with E-state index in [9.17, 15) is 22.4 Å². The Morgan fingerprint density at radius 2 is 1.91 bits per heavy atom. The molecular weight excluding hydrogens is 457 g/mol. The van der Waals surface area contributed by atoms with E-state index in [1.54, 1.807) is 26.8 Å². The molecule has 0 radical (unpaired) electrons. The molecule has 1 N–H and O–H groups in total. The SMILES string of the molecule is CCN(CC)S(=O)(=O)c1ccc(Cl)c(NC(=O)C2CC(=O)N(c3ccc(C)cc3F)C2)c1. The highest BCUT2D eigenvalue weighted by atomic mass is 35.5. The molecule has 1 fully saturated rings. The Balaban J connectivity index is 1.80. The number of aryl methyl sites for hydroxylation is 1. The predicted octanol–water partition coefficient (Wildman–Crippen LogP) is 3.81. The van der Waals surface area contributed by atoms with Crippen molar-refractivity contribution in [1.29, 1.82) is 0 Å². The molecule has 1 atom stereocenters. The van der Waals surface area contributed by atoms with Crippen LogP contribution in [0.25, 0.3) is 0 Å². The molecule has 10 heteroatoms. The minimum absolute atomic E-state index is 0.00625. The van der Waals surface area contributed by atoms with Crippen molar-refractivity contribution < 1.29 is 22.4 Å². The van der Waals surface area contributed by atoms with E-state index in [0.29, 0.717) is 13.1 Å². The van der Waals surface area contributed by atoms with Gasteiger partial charge in [0.1, 0.15) is 5.82 Å². The largest absolute Gasteiger partial charge is 0.324 e. The van der Waals surface area contributed by atoms with Crippen molar-refractivity contribution in [2.24, 2.45) is 5.92 Å². The van der Waals surface area contributed by atoms with Crippen LogP contribution >= 0.6 is 11.6 Å². The number of sulfonamides is 1. The maximum absolute atomic E-state index is 14.3. The van der Waals surface area contributed by atoms with Crippen LogP contribution in [0.3, 0.4) is 0 Å². The molecule has 0 spiro atoms. The number of nitrogens with one attached hydrogen (secondary N) is 1. The van der Waals surface area contributed by atoms with Crippen LogP contribution in [-0.4, -0.2) is 44.2 Å². The van der Waals surface area contributed by atoms with Crippen LogP contribution in [0.1, 0.15) is 25.8 Å². The Bertz CT molecular complexity index is 1150. The number of hydrogen-bond donors (Lipinski definition) is 1. The first-order valence-electron chi connectivity index (χ1n) is 10.3. The van der Waals surface area contributed by atoms with E-state index in [4.69, 9.17) is 11.6 Å². The lowest BCUT2D eigenvalue weighted by Gasteiger charge is -2.20. The van der Waals surface area contributed by atoms with Gasteiger partial charge in [0.2, 0.25) is 21.8 Å². The van der Waals surface area contributed by atoms with E-state index < -0.39 is 27.7 Å². The van der Waals surface area contributed by atoms with Crippen LogP contribution in [0, 0.1) is 18.7 Å². The number of amides is 2. The van der Waals surface area contributed by atoms with E-state index >= 15 is 0 Å². The Kier molecular flexibility index (Phi) is 7.22. The van der Waals surface area contributed by atoms with Gasteiger partial charge < -0.3 is 10.2 Å². The Morgan fingerprint density at radius 3 is 2.53 bits per heavy atom. The molecule has 1 heterocycles. The monoisotopic (exact) mass is 481 g/mol. The third-order valence-electron chi connectivity index (χ3n) is 5.43. The highest BCUT2D eigenvalue weighted by Gasteiger charge is 2.36. The fourth-order valence-corrected chi connectivity index (χ4v) is 5.30. The van der Waals surface area contributed by atoms with E-state index in [0.717, 1.165) is 5.56 Å². The maximum atomic E-state index is 14.3. The van der Waals surface area contributed by atoms with Crippen molar-refractivity contribution in [2.45, 2.75) is 32.1 Å². The number of carbonyl (C=O) groups is 2. The number of benzene rings is 2. The second-order valence-electron chi connectivity index (χ2n) is 7.58. The van der Waals surface area contributed by atoms with E-state index in [-0.39, 0.29) is 40.2 Å². The molecule has 1 unspecified atom stereocenters. The second-order valence-corrected chi connectivity index (χ2v) is 9.93. The molecular formula is C22H25ClFN3O4S. The van der Waals surface area contributed by atoms with Gasteiger partial charge in [-0.2, -0.15) is 4.31 Å². The number of anilines is 2. The zero-order valence-corrected chi connectivity index (χ0v) is 19.6. The van der Waals surface area contributed by atoms with Gasteiger partial charge in [-0.05, 0) is 42.8 Å². The fraction of sp³-hybridized carbons (Fsp3) is 0.364. The summed E-state index contributed by atoms with van der Waals surface area (Å²) in [6.07, 6.45) is -0.0891. The minimum atomic E-state index is -3.74. The topological polar surface area (TPSA) is 86.8 Å². The van der Waals surface area contributed by atoms with Gasteiger partial charge in [-0.25, -0.2) is 12.8 Å². The first-order valence-corrected chi connectivity index (χ1v) is 12.1. The highest BCUT2D eigenvalue weighted by Crippen LogP contribution is 2.31. The molecule has 172 valence electrons. The molecule has 1 saturated heterocycles. The summed E-state index contributed by atoms with van der Waals surface area (Å²) in [6.45, 7) is 5.84. The third kappa shape index (κ3) is 4.79. The summed E-state index contributed by atoms with van der Waals surface area (Å²) < 4.78 is 41.2. The molecule has 0 aromatic heterocycles. The van der Waals surface area contributed by atoms with Gasteiger partial charge in [-0.15, -0.1) is 0 Å². The lowest BCUT2D eigenvalue weighted by Crippen LogP contribution is -2.31. The van der Waals surface area contributed by atoms with E-state index in [1.807, 2.05) is 0 Å². The summed E-state index contributed by atoms with van der Waals surface area (Å²) in [5, 5.41) is 2.80. The van der Waals surface area contributed by atoms with Gasteiger partial charge >= 0.3 is 0 Å². The van der Waals surface area contributed by atoms with Crippen molar-refractivity contribution in [1.82, 2.24) is 4.31 Å². The van der Waals surface area contributed by atoms with Crippen molar-refractivity contribution in [3.8, 4) is 0 Å². The van der Waals surface area contributed by atoms with Crippen LogP contribution in [0.15, 0.2) is 41.3 Å². The average molecular weight is 482 g/mol. The van der Waals surface area contributed by atoms with Gasteiger partial charge in [-0.1, -0.05) is 31.5 Å². The Labute approximate surface area is 192 Å². The zero-order valence-electron chi connectivity index (χ0n) is 18.1. The van der Waals surface area contributed by atoms with Crippen LogP contribution in [-0.2, 0) is 19.6 Å². The van der Waals surface area contributed by atoms with Crippen molar-refractivity contribution >= 4 is 44.8 Å². The summed E-state index contributed by atoms with van der Waals surface area (Å²) in [7, 11) is -3.74. The van der Waals surface area contributed by atoms with Gasteiger partial charge in [0.25, 0.3) is 0 Å². The molecule has 0 aliphatic carbocycles. The normalized spacial score (nSPS) is 16.6. The average Bonchev–Trinajstić information content (AvgIpc) is 3.11. The number of hydrogen-bond acceptors (Lipinski definition) is 4. The number of halogens is 2. The van der Waals surface area contributed by atoms with E-state index in [1.165, 1.54) is 39.5 Å². The lowest BCUT2D eigenvalue weighted by molar-refractivity contribution is -0.122. The van der Waals surface area contributed by atoms with Crippen LogP contribution < -0.4 is 10.2 Å². The summed E-state index contributed by atoms with van der Waals surface area (Å²) in [5.41, 5.74) is 0.986. The van der Waals surface area contributed by atoms with Gasteiger partial charge in [-0.3, -0.25) is 9.59 Å². The molecule has 2 aromatic rings. The summed E-state index contributed by atoms with van der Waals surface area (Å²) in [6, 6.07) is 8.63. The predicted molar refractivity (Wildman–Crippen MR) is 122 cm³/mol. The standard InChI is InChI=1S/C22H25ClFN3O4S/c1-4-26(5-2)32(30,31)16-7-8-17(23)19(12-16)25-22(29)15-11-21(28)27(13-15)20-9-6-14(3)10-18(20)24/h6-10,12,15H,4-5,11,13H2,1-3H3,(H,25,29). The fourth-order valence-electron chi connectivity index (χ4n) is 3.65. The van der Waals surface area contributed by atoms with Crippen LogP contribution in [0.4, 0.5) is 15.8 Å². The number of rotatable bonds is 7. The molecule has 2 amide bonds. The second kappa shape index (κ2) is 9.56. The van der Waals surface area contributed by atoms with Gasteiger partial charge in [0.15, 0.2) is 0 Å². The Morgan fingerprint density at radius 1 is 1.22 bits per heavy atom. The van der Waals surface area contributed by atoms with Crippen molar-refractivity contribution in [3.63, 3.8) is 0 Å². The summed E-state index contributed by atoms with van der Waals surface area (Å²) in [5.74, 6) is -2.12. The highest BCUT2D eigenvalue weighted by molar-refractivity contribution is 7.89.